The standard InChI is InChI=1S/C4H9.C2H6N.CH4.V/c1-4(2)3;1-3-2;;/h4H,1H2,2-3H3;3H,1H2,2H3;1H4;/q2*-1;;+2. The van der Waals surface area contributed by atoms with Gasteiger partial charge in [0.05, 0.1) is 0 Å². The Morgan fingerprint density at radius 3 is 1.33 bits per heavy atom. The van der Waals surface area contributed by atoms with E-state index in [1.807, 2.05) is 0 Å². The van der Waals surface area contributed by atoms with Crippen molar-refractivity contribution in [3.8, 4) is 0 Å². The van der Waals surface area contributed by atoms with Gasteiger partial charge in [-0.05, 0) is 7.05 Å². The molecule has 1 N–H and O–H groups in total. The van der Waals surface area contributed by atoms with Crippen molar-refractivity contribution in [1.82, 2.24) is 5.32 Å². The van der Waals surface area contributed by atoms with E-state index in [9.17, 15) is 0 Å². The Balaban J connectivity index is -0.0000000233. The Hall–Kier alpha value is 0.544. The Morgan fingerprint density at radius 1 is 1.33 bits per heavy atom. The van der Waals surface area contributed by atoms with E-state index in [2.05, 4.69) is 33.1 Å². The van der Waals surface area contributed by atoms with Gasteiger partial charge in [0, 0.05) is 0 Å². The molecule has 0 unspecified atom stereocenters. The van der Waals surface area contributed by atoms with Crippen molar-refractivity contribution in [2.45, 2.75) is 21.3 Å². The van der Waals surface area contributed by atoms with Gasteiger partial charge in [-0.15, -0.1) is 0 Å². The smallest absolute Gasteiger partial charge is 0.475 e. The summed E-state index contributed by atoms with van der Waals surface area (Å²) in [6, 6.07) is 0. The van der Waals surface area contributed by atoms with Crippen molar-refractivity contribution < 1.29 is 18.6 Å². The Labute approximate surface area is 72.5 Å². The van der Waals surface area contributed by atoms with Crippen LogP contribution in [-0.4, -0.2) is 7.05 Å². The van der Waals surface area contributed by atoms with Gasteiger partial charge in [-0.1, -0.05) is 21.3 Å². The van der Waals surface area contributed by atoms with E-state index in [0.29, 0.717) is 5.92 Å². The summed E-state index contributed by atoms with van der Waals surface area (Å²) in [4.78, 5) is 0. The van der Waals surface area contributed by atoms with Gasteiger partial charge in [0.15, 0.2) is 0 Å². The molecule has 0 atom stereocenters. The Kier molecular flexibility index (Phi) is 59.3. The van der Waals surface area contributed by atoms with Crippen LogP contribution in [0.25, 0.3) is 0 Å². The van der Waals surface area contributed by atoms with Crippen molar-refractivity contribution in [3.05, 3.63) is 14.0 Å². The molecule has 0 saturated carbocycles. The number of rotatable bonds is 0. The van der Waals surface area contributed by atoms with Crippen LogP contribution in [0.4, 0.5) is 0 Å². The normalized spacial score (nSPS) is 6.00. The van der Waals surface area contributed by atoms with Gasteiger partial charge in [0.1, 0.15) is 0 Å². The van der Waals surface area contributed by atoms with Gasteiger partial charge in [-0.25, -0.2) is 0 Å². The Morgan fingerprint density at radius 2 is 1.33 bits per heavy atom. The zero-order valence-corrected chi connectivity index (χ0v) is 7.34. The molecule has 0 fully saturated rings. The third-order valence-electron chi connectivity index (χ3n) is 0. The Bertz CT molecular complexity index is 20.1. The molecule has 9 heavy (non-hydrogen) atoms. The van der Waals surface area contributed by atoms with Gasteiger partial charge in [-0.2, -0.15) is 5.92 Å². The van der Waals surface area contributed by atoms with Crippen LogP contribution in [0.15, 0.2) is 0 Å². The van der Waals surface area contributed by atoms with Crippen molar-refractivity contribution >= 4 is 0 Å². The molecule has 0 aliphatic heterocycles. The minimum atomic E-state index is 0. The molecule has 0 aromatic heterocycles. The van der Waals surface area contributed by atoms with E-state index in [1.165, 1.54) is 0 Å². The second-order valence-corrected chi connectivity index (χ2v) is 1.75. The van der Waals surface area contributed by atoms with Gasteiger partial charge in [0.25, 0.3) is 0 Å². The van der Waals surface area contributed by atoms with Crippen molar-refractivity contribution in [1.29, 1.82) is 0 Å². The van der Waals surface area contributed by atoms with E-state index in [-0.39, 0.29) is 26.0 Å². The maximum Gasteiger partial charge on any atom is 2.00 e. The maximum atomic E-state index is 3.64. The summed E-state index contributed by atoms with van der Waals surface area (Å²) in [6.07, 6.45) is 0. The molecule has 0 aromatic rings. The van der Waals surface area contributed by atoms with Crippen LogP contribution in [0.5, 0.6) is 0 Å². The molecular weight excluding hydrogens is 149 g/mol. The quantitative estimate of drug-likeness (QED) is 0.546. The van der Waals surface area contributed by atoms with E-state index >= 15 is 0 Å². The summed E-state index contributed by atoms with van der Waals surface area (Å²) < 4.78 is 0. The van der Waals surface area contributed by atoms with Gasteiger partial charge in [-0.3, -0.25) is 7.05 Å². The average molecular weight is 168 g/mol. The summed E-state index contributed by atoms with van der Waals surface area (Å²) >= 11 is 0. The predicted octanol–water partition coefficient (Wildman–Crippen LogP) is 2.11. The first-order valence-corrected chi connectivity index (χ1v) is 2.42. The predicted molar refractivity (Wildman–Crippen MR) is 41.3 cm³/mol. The van der Waals surface area contributed by atoms with Gasteiger partial charge < -0.3 is 12.2 Å². The molecule has 0 aliphatic rings. The molecule has 2 heteroatoms. The maximum absolute atomic E-state index is 3.64. The molecule has 0 bridgehead atoms. The molecule has 0 rings (SSSR count). The topological polar surface area (TPSA) is 12.0 Å². The number of hydrogen-bond acceptors (Lipinski definition) is 1. The first-order valence-electron chi connectivity index (χ1n) is 2.42. The summed E-state index contributed by atoms with van der Waals surface area (Å²) in [6.45, 7) is 7.75. The monoisotopic (exact) mass is 168 g/mol. The fraction of sp³-hybridized carbons (Fsp3) is 0.714. The zero-order valence-electron chi connectivity index (χ0n) is 5.94. The average Bonchev–Trinajstić information content (AvgIpc) is 1.33. The fourth-order valence-corrected chi connectivity index (χ4v) is 0. The van der Waals surface area contributed by atoms with Crippen LogP contribution >= 0.6 is 0 Å². The molecule has 0 aliphatic carbocycles. The van der Waals surface area contributed by atoms with Gasteiger partial charge in [0.2, 0.25) is 0 Å². The summed E-state index contributed by atoms with van der Waals surface area (Å²) in [7, 11) is 5.00. The van der Waals surface area contributed by atoms with Crippen molar-refractivity contribution in [2.75, 3.05) is 7.05 Å². The van der Waals surface area contributed by atoms with Crippen LogP contribution in [0.1, 0.15) is 21.3 Å². The third-order valence-corrected chi connectivity index (χ3v) is 0. The van der Waals surface area contributed by atoms with Crippen LogP contribution < -0.4 is 5.32 Å². The van der Waals surface area contributed by atoms with Gasteiger partial charge >= 0.3 is 18.6 Å². The SMILES string of the molecule is C.[CH2-]C(C)C.[CH2-]NC.[V+2]. The molecule has 1 nitrogen and oxygen atoms in total. The van der Waals surface area contributed by atoms with Crippen molar-refractivity contribution in [3.63, 3.8) is 0 Å². The van der Waals surface area contributed by atoms with Crippen LogP contribution in [0, 0.1) is 19.9 Å². The molecule has 1 radical (unpaired) electrons. The minimum absolute atomic E-state index is 0. The molecule has 0 saturated heterocycles. The molecule has 0 spiro atoms. The minimum Gasteiger partial charge on any atom is -0.475 e. The van der Waals surface area contributed by atoms with E-state index in [0.717, 1.165) is 0 Å². The van der Waals surface area contributed by atoms with Crippen LogP contribution in [-0.2, 0) is 18.6 Å². The van der Waals surface area contributed by atoms with Crippen LogP contribution in [0.2, 0.25) is 0 Å². The van der Waals surface area contributed by atoms with E-state index < -0.39 is 0 Å². The van der Waals surface area contributed by atoms with E-state index in [4.69, 9.17) is 0 Å². The van der Waals surface area contributed by atoms with Crippen molar-refractivity contribution in [2.24, 2.45) is 5.92 Å². The molecule has 0 aromatic carbocycles. The molecule has 0 heterocycles. The molecular formula is C7H19NV. The summed E-state index contributed by atoms with van der Waals surface area (Å²) in [5.41, 5.74) is 0. The molecule has 0 amide bonds. The van der Waals surface area contributed by atoms with E-state index in [1.54, 1.807) is 7.05 Å². The first kappa shape index (κ1) is 22.7. The third kappa shape index (κ3) is 1230. The number of hydrogen-bond donors (Lipinski definition) is 1. The number of nitrogens with one attached hydrogen (secondary N) is 1. The zero-order chi connectivity index (χ0) is 6.28. The largest absolute Gasteiger partial charge is 2.00 e. The second-order valence-electron chi connectivity index (χ2n) is 1.75. The fourth-order valence-electron chi connectivity index (χ4n) is 0. The first-order chi connectivity index (χ1) is 3.15. The molecule has 57 valence electrons. The van der Waals surface area contributed by atoms with Crippen LogP contribution in [0.3, 0.4) is 0 Å². The summed E-state index contributed by atoms with van der Waals surface area (Å²) in [5.74, 6) is 0.583. The summed E-state index contributed by atoms with van der Waals surface area (Å²) in [5, 5.41) is 2.50. The second kappa shape index (κ2) is 23.5.